The molecule has 0 bridgehead atoms. The second-order valence-electron chi connectivity index (χ2n) is 2.80. The number of Topliss-reactive ketones (excluding diaryl/α,β-unsaturated/α-hetero) is 1. The fourth-order valence-electron chi connectivity index (χ4n) is 1.27. The molecule has 0 aromatic rings. The maximum Gasteiger partial charge on any atom is 0.133 e. The van der Waals surface area contributed by atoms with E-state index in [0.29, 0.717) is 12.3 Å². The van der Waals surface area contributed by atoms with Gasteiger partial charge in [0.15, 0.2) is 0 Å². The van der Waals surface area contributed by atoms with Crippen LogP contribution in [0.1, 0.15) is 19.3 Å². The van der Waals surface area contributed by atoms with E-state index in [1.165, 1.54) is 0 Å². The molecule has 0 aromatic heterocycles. The molecule has 2 nitrogen and oxygen atoms in total. The maximum absolute atomic E-state index is 10.6. The van der Waals surface area contributed by atoms with Crippen molar-refractivity contribution >= 4 is 5.78 Å². The van der Waals surface area contributed by atoms with Crippen LogP contribution in [0.3, 0.4) is 0 Å². The first kappa shape index (κ1) is 7.73. The largest absolute Gasteiger partial charge is 0.381 e. The fourth-order valence-corrected chi connectivity index (χ4v) is 1.27. The Morgan fingerprint density at radius 1 is 1.50 bits per heavy atom. The third kappa shape index (κ3) is 2.48. The van der Waals surface area contributed by atoms with Crippen LogP contribution in [0.15, 0.2) is 0 Å². The van der Waals surface area contributed by atoms with Crippen LogP contribution in [-0.4, -0.2) is 19.0 Å². The Balaban J connectivity index is 2.19. The standard InChI is InChI=1S/C8H13O2/c1-7(9)6-8-2-4-10-5-3-8/h8H,1-6H2. The molecule has 0 aliphatic carbocycles. The van der Waals surface area contributed by atoms with Gasteiger partial charge in [0.25, 0.3) is 0 Å². The first-order valence-electron chi connectivity index (χ1n) is 3.71. The average Bonchev–Trinajstić information content (AvgIpc) is 1.88. The highest BCUT2D eigenvalue weighted by Crippen LogP contribution is 2.17. The molecule has 0 N–H and O–H groups in total. The van der Waals surface area contributed by atoms with Gasteiger partial charge in [-0.05, 0) is 18.8 Å². The van der Waals surface area contributed by atoms with E-state index >= 15 is 0 Å². The zero-order valence-electron chi connectivity index (χ0n) is 6.14. The SMILES string of the molecule is [CH2]C(=O)CC1CCOCC1. The first-order chi connectivity index (χ1) is 4.79. The summed E-state index contributed by atoms with van der Waals surface area (Å²) in [5.74, 6) is 0.602. The summed E-state index contributed by atoms with van der Waals surface area (Å²) in [6.45, 7) is 4.99. The summed E-state index contributed by atoms with van der Waals surface area (Å²) in [7, 11) is 0. The summed E-state index contributed by atoms with van der Waals surface area (Å²) < 4.78 is 5.15. The predicted octanol–water partition coefficient (Wildman–Crippen LogP) is 1.21. The number of hydrogen-bond donors (Lipinski definition) is 0. The third-order valence-electron chi connectivity index (χ3n) is 1.86. The Morgan fingerprint density at radius 3 is 2.60 bits per heavy atom. The van der Waals surface area contributed by atoms with E-state index in [0.717, 1.165) is 26.1 Å². The summed E-state index contributed by atoms with van der Waals surface area (Å²) in [5, 5.41) is 0. The molecule has 0 aromatic carbocycles. The topological polar surface area (TPSA) is 26.3 Å². The second kappa shape index (κ2) is 3.71. The van der Waals surface area contributed by atoms with Crippen LogP contribution in [0.25, 0.3) is 0 Å². The van der Waals surface area contributed by atoms with Gasteiger partial charge >= 0.3 is 0 Å². The predicted molar refractivity (Wildman–Crippen MR) is 38.5 cm³/mol. The number of ether oxygens (including phenoxy) is 1. The molecule has 0 unspecified atom stereocenters. The van der Waals surface area contributed by atoms with Crippen molar-refractivity contribution in [3.63, 3.8) is 0 Å². The van der Waals surface area contributed by atoms with Crippen molar-refractivity contribution in [1.29, 1.82) is 0 Å². The van der Waals surface area contributed by atoms with Crippen LogP contribution in [0.2, 0.25) is 0 Å². The number of hydrogen-bond acceptors (Lipinski definition) is 2. The average molecular weight is 141 g/mol. The molecule has 1 aliphatic rings. The highest BCUT2D eigenvalue weighted by atomic mass is 16.5. The Morgan fingerprint density at radius 2 is 2.10 bits per heavy atom. The zero-order chi connectivity index (χ0) is 7.40. The lowest BCUT2D eigenvalue weighted by Crippen LogP contribution is -2.17. The molecule has 57 valence electrons. The molecule has 1 fully saturated rings. The van der Waals surface area contributed by atoms with Crippen LogP contribution in [-0.2, 0) is 9.53 Å². The second-order valence-corrected chi connectivity index (χ2v) is 2.80. The van der Waals surface area contributed by atoms with E-state index in [1.807, 2.05) is 0 Å². The van der Waals surface area contributed by atoms with Crippen LogP contribution in [0, 0.1) is 12.8 Å². The highest BCUT2D eigenvalue weighted by molar-refractivity contribution is 5.82. The van der Waals surface area contributed by atoms with E-state index in [2.05, 4.69) is 6.92 Å². The molecule has 1 heterocycles. The molecule has 1 aliphatic heterocycles. The van der Waals surface area contributed by atoms with Gasteiger partial charge in [-0.1, -0.05) is 0 Å². The van der Waals surface area contributed by atoms with Crippen molar-refractivity contribution < 1.29 is 9.53 Å². The summed E-state index contributed by atoms with van der Waals surface area (Å²) in [5.41, 5.74) is 0. The van der Waals surface area contributed by atoms with Crippen LogP contribution >= 0.6 is 0 Å². The number of rotatable bonds is 2. The monoisotopic (exact) mass is 141 g/mol. The maximum atomic E-state index is 10.6. The molecular weight excluding hydrogens is 128 g/mol. The summed E-state index contributed by atoms with van der Waals surface area (Å²) in [4.78, 5) is 10.6. The summed E-state index contributed by atoms with van der Waals surface area (Å²) in [6.07, 6.45) is 2.70. The van der Waals surface area contributed by atoms with Gasteiger partial charge in [-0.15, -0.1) is 0 Å². The van der Waals surface area contributed by atoms with E-state index in [-0.39, 0.29) is 5.78 Å². The van der Waals surface area contributed by atoms with E-state index in [1.54, 1.807) is 0 Å². The van der Waals surface area contributed by atoms with Crippen LogP contribution in [0.4, 0.5) is 0 Å². The van der Waals surface area contributed by atoms with Crippen molar-refractivity contribution in [2.45, 2.75) is 19.3 Å². The summed E-state index contributed by atoms with van der Waals surface area (Å²) in [6, 6.07) is 0. The quantitative estimate of drug-likeness (QED) is 0.577. The van der Waals surface area contributed by atoms with Crippen LogP contribution in [0.5, 0.6) is 0 Å². The Hall–Kier alpha value is -0.370. The third-order valence-corrected chi connectivity index (χ3v) is 1.86. The zero-order valence-corrected chi connectivity index (χ0v) is 6.14. The van der Waals surface area contributed by atoms with Crippen molar-refractivity contribution in [3.8, 4) is 0 Å². The molecule has 1 rings (SSSR count). The van der Waals surface area contributed by atoms with E-state index in [9.17, 15) is 4.79 Å². The molecule has 0 atom stereocenters. The number of ketones is 1. The molecule has 1 radical (unpaired) electrons. The van der Waals surface area contributed by atoms with Gasteiger partial charge in [-0.25, -0.2) is 0 Å². The molecule has 1 saturated heterocycles. The van der Waals surface area contributed by atoms with Gasteiger partial charge in [0.05, 0.1) is 0 Å². The first-order valence-corrected chi connectivity index (χ1v) is 3.71. The van der Waals surface area contributed by atoms with Crippen molar-refractivity contribution in [1.82, 2.24) is 0 Å². The minimum Gasteiger partial charge on any atom is -0.381 e. The minimum atomic E-state index is 0.0619. The Bertz CT molecular complexity index is 114. The lowest BCUT2D eigenvalue weighted by Gasteiger charge is -2.20. The fraction of sp³-hybridized carbons (Fsp3) is 0.750. The molecule has 10 heavy (non-hydrogen) atoms. The van der Waals surface area contributed by atoms with Crippen molar-refractivity contribution in [2.24, 2.45) is 5.92 Å². The highest BCUT2D eigenvalue weighted by Gasteiger charge is 2.14. The van der Waals surface area contributed by atoms with Gasteiger partial charge in [-0.2, -0.15) is 0 Å². The lowest BCUT2D eigenvalue weighted by molar-refractivity contribution is -0.116. The Kier molecular flexibility index (Phi) is 2.87. The van der Waals surface area contributed by atoms with Gasteiger partial charge in [0.1, 0.15) is 5.78 Å². The molecular formula is C8H13O2. The van der Waals surface area contributed by atoms with Gasteiger partial charge < -0.3 is 4.74 Å². The van der Waals surface area contributed by atoms with Crippen molar-refractivity contribution in [2.75, 3.05) is 13.2 Å². The molecule has 0 spiro atoms. The number of carbonyl (C=O) groups is 1. The molecule has 0 amide bonds. The van der Waals surface area contributed by atoms with Crippen molar-refractivity contribution in [3.05, 3.63) is 6.92 Å². The van der Waals surface area contributed by atoms with Gasteiger partial charge in [-0.3, -0.25) is 4.79 Å². The molecule has 0 saturated carbocycles. The molecule has 2 heteroatoms. The van der Waals surface area contributed by atoms with E-state index in [4.69, 9.17) is 4.74 Å². The normalized spacial score (nSPS) is 20.9. The minimum absolute atomic E-state index is 0.0619. The summed E-state index contributed by atoms with van der Waals surface area (Å²) >= 11 is 0. The number of carbonyl (C=O) groups excluding carboxylic acids is 1. The van der Waals surface area contributed by atoms with Gasteiger partial charge in [0.2, 0.25) is 0 Å². The van der Waals surface area contributed by atoms with Gasteiger partial charge in [0, 0.05) is 26.6 Å². The lowest BCUT2D eigenvalue weighted by atomic mass is 9.95. The van der Waals surface area contributed by atoms with Crippen LogP contribution < -0.4 is 0 Å². The smallest absolute Gasteiger partial charge is 0.133 e. The Labute approximate surface area is 61.6 Å². The van der Waals surface area contributed by atoms with E-state index < -0.39 is 0 Å².